The Morgan fingerprint density at radius 1 is 1.02 bits per heavy atom. The molecule has 1 aliphatic heterocycles. The van der Waals surface area contributed by atoms with Crippen molar-refractivity contribution in [2.24, 2.45) is 0 Å². The van der Waals surface area contributed by atoms with Crippen molar-refractivity contribution in [1.29, 1.82) is 0 Å². The highest BCUT2D eigenvalue weighted by Crippen LogP contribution is 2.28. The standard InChI is InChI=1S/C33H43N7O7/c1-4-5-12-25-32(44)37-29(21(2)41)33(45)36-26(17-22-10-7-6-8-11-22)31(43)34-19-24-20-40(39-38-24)15-9-16-47-28-18-23(30(42)35-25)13-14-27(28)46-3/h6-8,10-11,13-14,18,20-21,25-26,29,41H,4-5,9,12,15-17,19H2,1-3H3,(H,34,43)(H,35,42)(H,36,45)(H,37,44)/t21-,25+,26-,29+/m1/s1. The number of fused-ring (bicyclic) bond motifs is 4. The fourth-order valence-electron chi connectivity index (χ4n) is 5.07. The molecule has 0 aliphatic carbocycles. The first-order valence-electron chi connectivity index (χ1n) is 15.8. The van der Waals surface area contributed by atoms with E-state index in [-0.39, 0.29) is 25.1 Å². The summed E-state index contributed by atoms with van der Waals surface area (Å²) in [5.74, 6) is -1.61. The molecule has 2 heterocycles. The molecule has 0 unspecified atom stereocenters. The van der Waals surface area contributed by atoms with Gasteiger partial charge < -0.3 is 35.8 Å². The molecule has 0 radical (unpaired) electrons. The van der Waals surface area contributed by atoms with Crippen molar-refractivity contribution in [2.75, 3.05) is 13.7 Å². The topological polar surface area (TPSA) is 186 Å². The van der Waals surface area contributed by atoms with Gasteiger partial charge in [0.05, 0.1) is 32.6 Å². The average Bonchev–Trinajstić information content (AvgIpc) is 3.53. The molecule has 0 saturated carbocycles. The highest BCUT2D eigenvalue weighted by molar-refractivity contribution is 5.99. The van der Waals surface area contributed by atoms with E-state index in [9.17, 15) is 24.3 Å². The number of hydrogen-bond donors (Lipinski definition) is 5. The number of nitrogens with one attached hydrogen (secondary N) is 4. The lowest BCUT2D eigenvalue weighted by molar-refractivity contribution is -0.134. The minimum Gasteiger partial charge on any atom is -0.493 e. The van der Waals surface area contributed by atoms with Crippen molar-refractivity contribution < 1.29 is 33.8 Å². The number of carbonyl (C=O) groups is 4. The second-order valence-electron chi connectivity index (χ2n) is 11.4. The number of hydrogen-bond acceptors (Lipinski definition) is 9. The Kier molecular flexibility index (Phi) is 12.7. The normalized spacial score (nSPS) is 20.6. The van der Waals surface area contributed by atoms with Crippen molar-refractivity contribution >= 4 is 23.6 Å². The summed E-state index contributed by atoms with van der Waals surface area (Å²) in [6, 6.07) is 10.4. The monoisotopic (exact) mass is 649 g/mol. The van der Waals surface area contributed by atoms with E-state index in [4.69, 9.17) is 9.47 Å². The van der Waals surface area contributed by atoms with Crippen LogP contribution >= 0.6 is 0 Å². The minimum atomic E-state index is -1.41. The third-order valence-corrected chi connectivity index (χ3v) is 7.69. The molecule has 1 aromatic heterocycles. The van der Waals surface area contributed by atoms with E-state index in [1.54, 1.807) is 29.1 Å². The molecule has 14 heteroatoms. The molecule has 0 saturated heterocycles. The molecule has 4 amide bonds. The van der Waals surface area contributed by atoms with Crippen LogP contribution in [0.3, 0.4) is 0 Å². The summed E-state index contributed by atoms with van der Waals surface area (Å²) in [5.41, 5.74) is 1.56. The number of aliphatic hydroxyl groups is 1. The molecule has 4 rings (SSSR count). The van der Waals surface area contributed by atoms with Gasteiger partial charge in [-0.1, -0.05) is 55.3 Å². The minimum absolute atomic E-state index is 0.0653. The maximum Gasteiger partial charge on any atom is 0.252 e. The van der Waals surface area contributed by atoms with Gasteiger partial charge in [0.25, 0.3) is 5.91 Å². The van der Waals surface area contributed by atoms with Gasteiger partial charge in [0.1, 0.15) is 23.8 Å². The summed E-state index contributed by atoms with van der Waals surface area (Å²) in [4.78, 5) is 53.9. The van der Waals surface area contributed by atoms with E-state index in [1.165, 1.54) is 14.0 Å². The van der Waals surface area contributed by atoms with Crippen LogP contribution in [0.4, 0.5) is 0 Å². The molecule has 47 heavy (non-hydrogen) atoms. The Morgan fingerprint density at radius 2 is 1.81 bits per heavy atom. The van der Waals surface area contributed by atoms with E-state index >= 15 is 0 Å². The summed E-state index contributed by atoms with van der Waals surface area (Å²) in [7, 11) is 1.50. The lowest BCUT2D eigenvalue weighted by Gasteiger charge is -2.27. The van der Waals surface area contributed by atoms with Gasteiger partial charge in [-0.3, -0.25) is 23.9 Å². The van der Waals surface area contributed by atoms with Crippen LogP contribution in [0, 0.1) is 0 Å². The first-order valence-corrected chi connectivity index (χ1v) is 15.8. The van der Waals surface area contributed by atoms with Gasteiger partial charge in [-0.05, 0) is 37.1 Å². The smallest absolute Gasteiger partial charge is 0.252 e. The van der Waals surface area contributed by atoms with Crippen LogP contribution in [0.2, 0.25) is 0 Å². The Balaban J connectivity index is 1.63. The van der Waals surface area contributed by atoms with E-state index in [0.717, 1.165) is 12.0 Å². The van der Waals surface area contributed by atoms with Crippen molar-refractivity contribution in [1.82, 2.24) is 36.3 Å². The number of rotatable bonds is 7. The SMILES string of the molecule is CCCC[C@@H]1NC(=O)c2ccc(OC)c(c2)OCCCn2cc(nn2)CNC(=O)[C@@H](Cc2ccccc2)NC(=O)[C@H]([C@@H](C)O)NC1=O. The zero-order valence-electron chi connectivity index (χ0n) is 26.9. The van der Waals surface area contributed by atoms with Crippen LogP contribution in [-0.2, 0) is 33.9 Å². The summed E-state index contributed by atoms with van der Waals surface area (Å²) in [5, 5.41) is 29.7. The molecule has 252 valence electrons. The number of unbranched alkanes of at least 4 members (excludes halogenated alkanes) is 1. The van der Waals surface area contributed by atoms with Gasteiger partial charge in [0, 0.05) is 24.9 Å². The second-order valence-corrected chi connectivity index (χ2v) is 11.4. The van der Waals surface area contributed by atoms with Gasteiger partial charge in [-0.25, -0.2) is 0 Å². The van der Waals surface area contributed by atoms with E-state index in [1.807, 2.05) is 37.3 Å². The third kappa shape index (κ3) is 10.0. The largest absolute Gasteiger partial charge is 0.493 e. The Hall–Kier alpha value is -4.98. The summed E-state index contributed by atoms with van der Waals surface area (Å²) < 4.78 is 13.0. The van der Waals surface area contributed by atoms with Crippen molar-refractivity contribution in [3.63, 3.8) is 0 Å². The third-order valence-electron chi connectivity index (χ3n) is 7.69. The van der Waals surface area contributed by atoms with Gasteiger partial charge in [0.2, 0.25) is 17.7 Å². The molecule has 0 fully saturated rings. The predicted octanol–water partition coefficient (Wildman–Crippen LogP) is 1.27. The highest BCUT2D eigenvalue weighted by atomic mass is 16.5. The van der Waals surface area contributed by atoms with Crippen LogP contribution < -0.4 is 30.7 Å². The highest BCUT2D eigenvalue weighted by Gasteiger charge is 2.32. The molecule has 5 N–H and O–H groups in total. The average molecular weight is 650 g/mol. The molecular weight excluding hydrogens is 606 g/mol. The number of nitrogens with zero attached hydrogens (tertiary/aromatic N) is 3. The molecule has 14 nitrogen and oxygen atoms in total. The molecule has 0 spiro atoms. The number of amides is 4. The fourth-order valence-corrected chi connectivity index (χ4v) is 5.07. The fraction of sp³-hybridized carbons (Fsp3) is 0.455. The lowest BCUT2D eigenvalue weighted by atomic mass is 10.0. The zero-order chi connectivity index (χ0) is 33.8. The summed E-state index contributed by atoms with van der Waals surface area (Å²) in [6.45, 7) is 4.15. The van der Waals surface area contributed by atoms with Gasteiger partial charge in [0.15, 0.2) is 11.5 Å². The van der Waals surface area contributed by atoms with Crippen molar-refractivity contribution in [3.05, 3.63) is 71.5 Å². The molecule has 4 bridgehead atoms. The number of aromatic nitrogens is 3. The number of carbonyl (C=O) groups excluding carboxylic acids is 4. The predicted molar refractivity (Wildman–Crippen MR) is 171 cm³/mol. The lowest BCUT2D eigenvalue weighted by Crippen LogP contribution is -2.60. The molecule has 1 aliphatic rings. The first-order chi connectivity index (χ1) is 22.7. The number of benzene rings is 2. The first kappa shape index (κ1) is 34.9. The van der Waals surface area contributed by atoms with E-state index in [2.05, 4.69) is 31.6 Å². The van der Waals surface area contributed by atoms with E-state index in [0.29, 0.717) is 43.0 Å². The number of aryl methyl sites for hydroxylation is 1. The zero-order valence-corrected chi connectivity index (χ0v) is 26.9. The van der Waals surface area contributed by atoms with Crippen LogP contribution in [-0.4, -0.2) is 81.7 Å². The molecule has 3 aromatic rings. The van der Waals surface area contributed by atoms with Crippen molar-refractivity contribution in [2.45, 2.75) is 83.3 Å². The Labute approximate surface area is 273 Å². The maximum atomic E-state index is 13.6. The van der Waals surface area contributed by atoms with Crippen LogP contribution in [0.5, 0.6) is 11.5 Å². The number of ether oxygens (including phenoxy) is 2. The Morgan fingerprint density at radius 3 is 2.53 bits per heavy atom. The van der Waals surface area contributed by atoms with Crippen molar-refractivity contribution in [3.8, 4) is 11.5 Å². The van der Waals surface area contributed by atoms with Crippen LogP contribution in [0.25, 0.3) is 0 Å². The summed E-state index contributed by atoms with van der Waals surface area (Å²) in [6.07, 6.45) is 2.77. The molecule has 4 atom stereocenters. The van der Waals surface area contributed by atoms with E-state index < -0.39 is 47.9 Å². The van der Waals surface area contributed by atoms with Gasteiger partial charge in [-0.2, -0.15) is 0 Å². The van der Waals surface area contributed by atoms with Gasteiger partial charge >= 0.3 is 0 Å². The molecular formula is C33H43N7O7. The maximum absolute atomic E-state index is 13.6. The second kappa shape index (κ2) is 17.1. The number of aliphatic hydroxyl groups excluding tert-OH is 1. The number of methoxy groups -OCH3 is 1. The molecule has 2 aromatic carbocycles. The quantitative estimate of drug-likeness (QED) is 0.251. The van der Waals surface area contributed by atoms with Crippen LogP contribution in [0.15, 0.2) is 54.7 Å². The van der Waals surface area contributed by atoms with Gasteiger partial charge in [-0.15, -0.1) is 5.10 Å². The Bertz CT molecular complexity index is 1510. The summed E-state index contributed by atoms with van der Waals surface area (Å²) >= 11 is 0. The van der Waals surface area contributed by atoms with Crippen LogP contribution in [0.1, 0.15) is 61.1 Å².